The van der Waals surface area contributed by atoms with Crippen LogP contribution in [0, 0.1) is 5.92 Å². The molecule has 7 heteroatoms. The van der Waals surface area contributed by atoms with E-state index in [2.05, 4.69) is 20.5 Å². The molecule has 3 fully saturated rings. The quantitative estimate of drug-likeness (QED) is 0.715. The van der Waals surface area contributed by atoms with E-state index in [0.717, 1.165) is 32.5 Å². The van der Waals surface area contributed by atoms with Crippen molar-refractivity contribution in [1.29, 1.82) is 0 Å². The maximum absolute atomic E-state index is 12.8. The molecule has 1 atom stereocenters. The maximum Gasteiger partial charge on any atom is 0.270 e. The summed E-state index contributed by atoms with van der Waals surface area (Å²) < 4.78 is 5.50. The molecular weight excluding hydrogens is 368 g/mol. The summed E-state index contributed by atoms with van der Waals surface area (Å²) in [5, 5.41) is 6.66. The summed E-state index contributed by atoms with van der Waals surface area (Å²) in [6.45, 7) is 3.16. The fraction of sp³-hybridized carbons (Fsp3) is 0.318. The van der Waals surface area contributed by atoms with Crippen LogP contribution in [-0.4, -0.2) is 47.4 Å². The molecule has 7 nitrogen and oxygen atoms in total. The zero-order chi connectivity index (χ0) is 19.8. The highest BCUT2D eigenvalue weighted by Crippen LogP contribution is 2.29. The molecule has 2 bridgehead atoms. The molecule has 0 saturated carbocycles. The Morgan fingerprint density at radius 1 is 1.10 bits per heavy atom. The third-order valence-corrected chi connectivity index (χ3v) is 5.95. The molecule has 0 spiro atoms. The van der Waals surface area contributed by atoms with Crippen LogP contribution in [0.5, 0.6) is 0 Å². The zero-order valence-corrected chi connectivity index (χ0v) is 15.9. The largest absolute Gasteiger partial charge is 0.460 e. The summed E-state index contributed by atoms with van der Waals surface area (Å²) in [7, 11) is 0. The minimum Gasteiger partial charge on any atom is -0.460 e. The number of nitrogens with zero attached hydrogens (tertiary/aromatic N) is 2. The van der Waals surface area contributed by atoms with Gasteiger partial charge in [0.15, 0.2) is 5.58 Å². The number of fused-ring (bicyclic) bond motifs is 4. The first-order valence-electron chi connectivity index (χ1n) is 9.94. The average molecular weight is 390 g/mol. The second-order valence-corrected chi connectivity index (χ2v) is 7.75. The Morgan fingerprint density at radius 2 is 1.90 bits per heavy atom. The lowest BCUT2D eigenvalue weighted by atomic mass is 9.84. The molecule has 5 heterocycles. The molecule has 6 rings (SSSR count). The van der Waals surface area contributed by atoms with Gasteiger partial charge in [-0.25, -0.2) is 4.98 Å². The molecular formula is C22H22N4O3. The van der Waals surface area contributed by atoms with Gasteiger partial charge in [-0.15, -0.1) is 0 Å². The van der Waals surface area contributed by atoms with E-state index in [4.69, 9.17) is 4.42 Å². The molecule has 3 aromatic rings. The van der Waals surface area contributed by atoms with Gasteiger partial charge in [-0.2, -0.15) is 0 Å². The predicted octanol–water partition coefficient (Wildman–Crippen LogP) is 2.90. The number of rotatable bonds is 4. The summed E-state index contributed by atoms with van der Waals surface area (Å²) >= 11 is 0. The van der Waals surface area contributed by atoms with Gasteiger partial charge in [0.25, 0.3) is 11.8 Å². The molecule has 1 unspecified atom stereocenters. The molecule has 0 aliphatic carbocycles. The van der Waals surface area contributed by atoms with E-state index in [-0.39, 0.29) is 17.9 Å². The van der Waals surface area contributed by atoms with Crippen LogP contribution in [0.4, 0.5) is 5.69 Å². The standard InChI is InChI=1S/C22H22N4O3/c27-21(15-4-2-1-3-5-15)25-19-13-29-20-11-23-17(10-16(19)20)22(28)24-18-12-26-8-6-14(18)7-9-26/h1-5,10-11,13-14,18H,6-9,12H2,(H,24,28)(H,25,27). The van der Waals surface area contributed by atoms with Crippen molar-refractivity contribution >= 4 is 28.5 Å². The normalized spacial score (nSPS) is 23.1. The number of benzene rings is 1. The van der Waals surface area contributed by atoms with Crippen molar-refractivity contribution in [3.05, 3.63) is 60.1 Å². The Hall–Kier alpha value is -3.19. The van der Waals surface area contributed by atoms with Crippen LogP contribution in [0.1, 0.15) is 33.7 Å². The molecule has 3 aliphatic heterocycles. The van der Waals surface area contributed by atoms with Gasteiger partial charge in [0.05, 0.1) is 11.9 Å². The third kappa shape index (κ3) is 3.49. The minimum atomic E-state index is -0.233. The number of hydrogen-bond acceptors (Lipinski definition) is 5. The number of piperidine rings is 3. The molecule has 148 valence electrons. The summed E-state index contributed by atoms with van der Waals surface area (Å²) in [6, 6.07) is 10.8. The van der Waals surface area contributed by atoms with Crippen molar-refractivity contribution in [2.24, 2.45) is 5.92 Å². The number of carbonyl (C=O) groups is 2. The lowest BCUT2D eigenvalue weighted by Crippen LogP contribution is -2.57. The van der Waals surface area contributed by atoms with E-state index in [0.29, 0.717) is 33.8 Å². The number of furan rings is 1. The van der Waals surface area contributed by atoms with Crippen molar-refractivity contribution in [3.8, 4) is 0 Å². The van der Waals surface area contributed by atoms with Crippen molar-refractivity contribution < 1.29 is 14.0 Å². The van der Waals surface area contributed by atoms with Crippen LogP contribution in [0.2, 0.25) is 0 Å². The van der Waals surface area contributed by atoms with E-state index in [1.165, 1.54) is 12.5 Å². The van der Waals surface area contributed by atoms with Gasteiger partial charge in [0.1, 0.15) is 12.0 Å². The monoisotopic (exact) mass is 390 g/mol. The van der Waals surface area contributed by atoms with Crippen molar-refractivity contribution in [2.75, 3.05) is 25.0 Å². The second kappa shape index (κ2) is 7.33. The number of carbonyl (C=O) groups excluding carboxylic acids is 2. The van der Waals surface area contributed by atoms with Crippen molar-refractivity contribution in [1.82, 2.24) is 15.2 Å². The van der Waals surface area contributed by atoms with Crippen LogP contribution in [-0.2, 0) is 0 Å². The van der Waals surface area contributed by atoms with E-state index in [9.17, 15) is 9.59 Å². The summed E-state index contributed by atoms with van der Waals surface area (Å²) in [5.41, 5.74) is 1.92. The molecule has 0 radical (unpaired) electrons. The van der Waals surface area contributed by atoms with Gasteiger partial charge in [-0.05, 0) is 50.0 Å². The SMILES string of the molecule is O=C(Nc1coc2cnc(C(=O)NC3CN4CCC3CC4)cc12)c1ccccc1. The van der Waals surface area contributed by atoms with Gasteiger partial charge in [-0.3, -0.25) is 9.59 Å². The summed E-state index contributed by atoms with van der Waals surface area (Å²) in [4.78, 5) is 31.9. The van der Waals surface area contributed by atoms with Gasteiger partial charge >= 0.3 is 0 Å². The van der Waals surface area contributed by atoms with Crippen LogP contribution in [0.15, 0.2) is 53.3 Å². The van der Waals surface area contributed by atoms with Gasteiger partial charge < -0.3 is 20.0 Å². The van der Waals surface area contributed by atoms with Crippen molar-refractivity contribution in [3.63, 3.8) is 0 Å². The van der Waals surface area contributed by atoms with Gasteiger partial charge in [0, 0.05) is 23.5 Å². The predicted molar refractivity (Wildman–Crippen MR) is 109 cm³/mol. The van der Waals surface area contributed by atoms with Crippen LogP contribution in [0.3, 0.4) is 0 Å². The first-order chi connectivity index (χ1) is 14.2. The zero-order valence-electron chi connectivity index (χ0n) is 15.9. The van der Waals surface area contributed by atoms with Crippen molar-refractivity contribution in [2.45, 2.75) is 18.9 Å². The van der Waals surface area contributed by atoms with E-state index in [1.54, 1.807) is 18.2 Å². The number of amides is 2. The van der Waals surface area contributed by atoms with E-state index >= 15 is 0 Å². The van der Waals surface area contributed by atoms with Gasteiger partial charge in [0.2, 0.25) is 0 Å². The summed E-state index contributed by atoms with van der Waals surface area (Å²) in [5.74, 6) is 0.123. The van der Waals surface area contributed by atoms with Crippen LogP contribution in [0.25, 0.3) is 11.0 Å². The Labute approximate surface area is 168 Å². The maximum atomic E-state index is 12.8. The fourth-order valence-electron chi connectivity index (χ4n) is 4.31. The lowest BCUT2D eigenvalue weighted by Gasteiger charge is -2.44. The van der Waals surface area contributed by atoms with Gasteiger partial charge in [-0.1, -0.05) is 18.2 Å². The van der Waals surface area contributed by atoms with Crippen LogP contribution >= 0.6 is 0 Å². The topological polar surface area (TPSA) is 87.5 Å². The fourth-order valence-corrected chi connectivity index (χ4v) is 4.31. The smallest absolute Gasteiger partial charge is 0.270 e. The first kappa shape index (κ1) is 17.9. The highest BCUT2D eigenvalue weighted by Gasteiger charge is 2.35. The molecule has 2 amide bonds. The Bertz CT molecular complexity index is 1050. The Kier molecular flexibility index (Phi) is 4.52. The van der Waals surface area contributed by atoms with Crippen LogP contribution < -0.4 is 10.6 Å². The molecule has 1 aromatic carbocycles. The molecule has 3 saturated heterocycles. The first-order valence-corrected chi connectivity index (χ1v) is 9.94. The second-order valence-electron chi connectivity index (χ2n) is 7.75. The number of nitrogens with one attached hydrogen (secondary N) is 2. The number of anilines is 1. The van der Waals surface area contributed by atoms with E-state index < -0.39 is 0 Å². The van der Waals surface area contributed by atoms with E-state index in [1.807, 2.05) is 18.2 Å². The average Bonchev–Trinajstić information content (AvgIpc) is 3.17. The molecule has 3 aliphatic rings. The lowest BCUT2D eigenvalue weighted by molar-refractivity contribution is 0.0618. The number of hydrogen-bond donors (Lipinski definition) is 2. The third-order valence-electron chi connectivity index (χ3n) is 5.95. The molecule has 29 heavy (non-hydrogen) atoms. The molecule has 2 N–H and O–H groups in total. The Balaban J connectivity index is 1.35. The summed E-state index contributed by atoms with van der Waals surface area (Å²) in [6.07, 6.45) is 5.27. The molecule has 2 aromatic heterocycles. The highest BCUT2D eigenvalue weighted by molar-refractivity contribution is 6.09. The highest BCUT2D eigenvalue weighted by atomic mass is 16.3. The Morgan fingerprint density at radius 3 is 2.62 bits per heavy atom. The minimum absolute atomic E-state index is 0.170. The number of aromatic nitrogens is 1. The number of pyridine rings is 1.